The molecule has 0 aliphatic heterocycles. The third-order valence-corrected chi connectivity index (χ3v) is 6.34. The first-order valence-electron chi connectivity index (χ1n) is 14.2. The Morgan fingerprint density at radius 2 is 1.47 bits per heavy atom. The monoisotopic (exact) mass is 625 g/mol. The highest BCUT2D eigenvalue weighted by atomic mass is 35.5. The second-order valence-corrected chi connectivity index (χ2v) is 15.0. The average Bonchev–Trinajstić information content (AvgIpc) is 3.27. The second-order valence-electron chi connectivity index (χ2n) is 14.6. The largest absolute Gasteiger partial charge is 0.443 e. The summed E-state index contributed by atoms with van der Waals surface area (Å²) in [5.41, 5.74) is -2.31. The number of carbonyl (C=O) groups is 2. The lowest BCUT2D eigenvalue weighted by Gasteiger charge is -2.31. The molecule has 0 radical (unpaired) electrons. The van der Waals surface area contributed by atoms with Crippen LogP contribution in [0.3, 0.4) is 0 Å². The molecule has 2 heterocycles. The van der Waals surface area contributed by atoms with Crippen LogP contribution in [0.5, 0.6) is 0 Å². The minimum Gasteiger partial charge on any atom is -0.443 e. The number of nitrogens with zero attached hydrogens (tertiary/aromatic N) is 5. The first kappa shape index (κ1) is 34.7. The van der Waals surface area contributed by atoms with Crippen LogP contribution in [0, 0.1) is 5.92 Å². The van der Waals surface area contributed by atoms with E-state index in [-0.39, 0.29) is 22.9 Å². The number of aromatic nitrogens is 4. The topological polar surface area (TPSA) is 118 Å². The van der Waals surface area contributed by atoms with E-state index in [0.717, 1.165) is 0 Å². The number of hydrogen-bond acceptors (Lipinski definition) is 9. The van der Waals surface area contributed by atoms with Crippen molar-refractivity contribution in [2.24, 2.45) is 5.92 Å². The number of imide groups is 1. The molecule has 0 saturated heterocycles. The third-order valence-electron chi connectivity index (χ3n) is 6.07. The van der Waals surface area contributed by atoms with Crippen LogP contribution in [-0.4, -0.2) is 73.0 Å². The summed E-state index contributed by atoms with van der Waals surface area (Å²) in [5.74, 6) is -0.912. The maximum Gasteiger partial charge on any atom is 0.427 e. The minimum absolute atomic E-state index is 0.0767. The van der Waals surface area contributed by atoms with Crippen LogP contribution in [0.4, 0.5) is 19.9 Å². The van der Waals surface area contributed by atoms with E-state index in [4.69, 9.17) is 30.5 Å². The maximum atomic E-state index is 16.5. The van der Waals surface area contributed by atoms with Crippen molar-refractivity contribution in [2.45, 2.75) is 124 Å². The quantitative estimate of drug-likeness (QED) is 0.251. The van der Waals surface area contributed by atoms with Crippen molar-refractivity contribution in [1.82, 2.24) is 19.5 Å². The molecule has 3 rings (SSSR count). The van der Waals surface area contributed by atoms with Gasteiger partial charge in [-0.05, 0) is 88.7 Å². The summed E-state index contributed by atoms with van der Waals surface area (Å²) in [4.78, 5) is 40.0. The average molecular weight is 626 g/mol. The van der Waals surface area contributed by atoms with Gasteiger partial charge in [0.1, 0.15) is 22.8 Å². The molecule has 0 bridgehead atoms. The van der Waals surface area contributed by atoms with Gasteiger partial charge in [-0.1, -0.05) is 18.2 Å². The number of amides is 2. The molecule has 4 atom stereocenters. The zero-order chi connectivity index (χ0) is 32.9. The smallest absolute Gasteiger partial charge is 0.427 e. The van der Waals surface area contributed by atoms with Crippen molar-refractivity contribution in [3.63, 3.8) is 0 Å². The number of anilines is 1. The molecule has 0 aromatic carbocycles. The molecule has 11 nitrogen and oxygen atoms in total. The van der Waals surface area contributed by atoms with Crippen LogP contribution in [0.25, 0.3) is 11.2 Å². The highest BCUT2D eigenvalue weighted by Gasteiger charge is 2.50. The van der Waals surface area contributed by atoms with Crippen molar-refractivity contribution < 1.29 is 32.9 Å². The fourth-order valence-electron chi connectivity index (χ4n) is 4.49. The van der Waals surface area contributed by atoms with Gasteiger partial charge in [0, 0.05) is 5.92 Å². The summed E-state index contributed by atoms with van der Waals surface area (Å²) in [6.07, 6.45) is -3.22. The number of halogens is 2. The first-order chi connectivity index (χ1) is 19.4. The summed E-state index contributed by atoms with van der Waals surface area (Å²) in [7, 11) is 0. The number of rotatable bonds is 5. The van der Waals surface area contributed by atoms with Gasteiger partial charge >= 0.3 is 12.2 Å². The Labute approximate surface area is 258 Å². The molecule has 0 N–H and O–H groups in total. The van der Waals surface area contributed by atoms with Crippen LogP contribution in [0.15, 0.2) is 18.5 Å². The van der Waals surface area contributed by atoms with Gasteiger partial charge < -0.3 is 23.5 Å². The molecule has 1 fully saturated rings. The fraction of sp³-hybridized carbons (Fsp3) is 0.700. The maximum absolute atomic E-state index is 16.5. The first-order valence-corrected chi connectivity index (χ1v) is 14.6. The summed E-state index contributed by atoms with van der Waals surface area (Å²) in [5, 5.41) is -0.162. The van der Waals surface area contributed by atoms with Crippen molar-refractivity contribution in [3.8, 4) is 0 Å². The molecule has 1 saturated carbocycles. The van der Waals surface area contributed by atoms with E-state index >= 15 is 4.39 Å². The van der Waals surface area contributed by atoms with Gasteiger partial charge in [0.15, 0.2) is 17.0 Å². The highest BCUT2D eigenvalue weighted by molar-refractivity contribution is 6.33. The number of carbonyl (C=O) groups excluding carboxylic acids is 2. The number of imidazole rings is 1. The summed E-state index contributed by atoms with van der Waals surface area (Å²) >= 11 is 6.50. The normalized spacial score (nSPS) is 21.8. The van der Waals surface area contributed by atoms with E-state index in [2.05, 4.69) is 21.5 Å². The Morgan fingerprint density at radius 3 is 1.93 bits per heavy atom. The van der Waals surface area contributed by atoms with Gasteiger partial charge in [-0.15, -0.1) is 4.90 Å². The van der Waals surface area contributed by atoms with E-state index in [9.17, 15) is 9.59 Å². The molecule has 0 unspecified atom stereocenters. The molecule has 2 aromatic heterocycles. The lowest BCUT2D eigenvalue weighted by Crippen LogP contribution is -2.44. The lowest BCUT2D eigenvalue weighted by atomic mass is 10.0. The predicted octanol–water partition coefficient (Wildman–Crippen LogP) is 7.22. The third kappa shape index (κ3) is 8.63. The zero-order valence-corrected chi connectivity index (χ0v) is 28.0. The lowest BCUT2D eigenvalue weighted by molar-refractivity contribution is -0.118. The van der Waals surface area contributed by atoms with Crippen molar-refractivity contribution in [3.05, 3.63) is 23.6 Å². The Hall–Kier alpha value is -2.83. The van der Waals surface area contributed by atoms with Crippen LogP contribution < -0.4 is 4.90 Å². The van der Waals surface area contributed by atoms with E-state index in [1.165, 1.54) is 10.9 Å². The Kier molecular flexibility index (Phi) is 9.61. The number of ether oxygens (including phenoxy) is 4. The van der Waals surface area contributed by atoms with Gasteiger partial charge in [0.05, 0.1) is 30.2 Å². The molecule has 2 amide bonds. The van der Waals surface area contributed by atoms with Crippen LogP contribution in [0.1, 0.15) is 89.1 Å². The molecule has 1 aliphatic carbocycles. The highest BCUT2D eigenvalue weighted by Crippen LogP contribution is 2.46. The molecular formula is C30H45ClFN5O6. The van der Waals surface area contributed by atoms with Crippen molar-refractivity contribution >= 4 is 40.9 Å². The molecule has 13 heteroatoms. The van der Waals surface area contributed by atoms with Crippen LogP contribution in [0.2, 0.25) is 5.15 Å². The Bertz CT molecular complexity index is 1340. The zero-order valence-electron chi connectivity index (χ0n) is 27.2. The molecule has 1 aliphatic rings. The molecule has 0 spiro atoms. The van der Waals surface area contributed by atoms with E-state index in [1.54, 1.807) is 41.5 Å². The van der Waals surface area contributed by atoms with Gasteiger partial charge in [0.25, 0.3) is 0 Å². The molecule has 240 valence electrons. The van der Waals surface area contributed by atoms with Gasteiger partial charge in [0.2, 0.25) is 5.95 Å². The van der Waals surface area contributed by atoms with E-state index in [1.807, 2.05) is 41.5 Å². The van der Waals surface area contributed by atoms with Gasteiger partial charge in [-0.3, -0.25) is 0 Å². The van der Waals surface area contributed by atoms with Gasteiger partial charge in [-0.2, -0.15) is 9.97 Å². The van der Waals surface area contributed by atoms with Crippen molar-refractivity contribution in [1.29, 1.82) is 0 Å². The SMILES string of the molecule is C=C1[C@@H](n2cnc3c(Cl)nc(N(C(=O)OC(C)(C)C)C(=O)OC(C)(C)C)nc32)[C@@H](F)[C@H](OC(C)(C)C)[C@H]1COC(C)(C)C. The fourth-order valence-corrected chi connectivity index (χ4v) is 4.70. The Morgan fingerprint density at radius 1 is 0.930 bits per heavy atom. The number of hydrogen-bond donors (Lipinski definition) is 0. The van der Waals surface area contributed by atoms with E-state index in [0.29, 0.717) is 10.5 Å². The molecule has 2 aromatic rings. The Balaban J connectivity index is 2.15. The molecular weight excluding hydrogens is 581 g/mol. The summed E-state index contributed by atoms with van der Waals surface area (Å²) in [6.45, 7) is 25.6. The van der Waals surface area contributed by atoms with Crippen LogP contribution >= 0.6 is 11.6 Å². The summed E-state index contributed by atoms with van der Waals surface area (Å²) in [6, 6.07) is -0.971. The van der Waals surface area contributed by atoms with Crippen molar-refractivity contribution in [2.75, 3.05) is 11.5 Å². The van der Waals surface area contributed by atoms with E-state index < -0.39 is 64.8 Å². The van der Waals surface area contributed by atoms with Crippen LogP contribution in [-0.2, 0) is 18.9 Å². The minimum atomic E-state index is -1.57. The van der Waals surface area contributed by atoms with Gasteiger partial charge in [-0.25, -0.2) is 19.0 Å². The molecule has 43 heavy (non-hydrogen) atoms. The predicted molar refractivity (Wildman–Crippen MR) is 162 cm³/mol. The number of fused-ring (bicyclic) bond motifs is 1. The standard InChI is InChI=1S/C30H45ClFN5O6/c1-16-17(14-40-27(2,3)4)21(41-28(5,6)7)18(32)20(16)36-15-33-19-22(31)34-24(35-23(19)36)37(25(38)42-29(8,9)10)26(39)43-30(11,12)13/h15,17-18,20-21H,1,14H2,2-13H3/t17-,18+,20+,21+/m0/s1. The number of alkyl halides is 1. The summed E-state index contributed by atoms with van der Waals surface area (Å²) < 4.78 is 41.1. The second kappa shape index (κ2) is 11.9.